The van der Waals surface area contributed by atoms with Gasteiger partial charge in [0, 0.05) is 11.6 Å². The van der Waals surface area contributed by atoms with Crippen molar-refractivity contribution in [1.29, 1.82) is 0 Å². The molecule has 6 heteroatoms. The number of hydrogen-bond donors (Lipinski definition) is 0. The van der Waals surface area contributed by atoms with Gasteiger partial charge in [-0.2, -0.15) is 0 Å². The van der Waals surface area contributed by atoms with Gasteiger partial charge in [-0.1, -0.05) is 33.4 Å². The number of halogens is 1. The lowest BCUT2D eigenvalue weighted by atomic mass is 10.1. The third kappa shape index (κ3) is 2.47. The summed E-state index contributed by atoms with van der Waals surface area (Å²) in [6.45, 7) is 0. The maximum absolute atomic E-state index is 10.9. The van der Waals surface area contributed by atoms with E-state index in [1.54, 1.807) is 18.3 Å². The van der Waals surface area contributed by atoms with Crippen LogP contribution in [-0.4, -0.2) is 4.98 Å². The number of fused-ring (bicyclic) bond motifs is 3. The third-order valence-electron chi connectivity index (χ3n) is 2.75. The van der Waals surface area contributed by atoms with E-state index in [1.807, 2.05) is 24.3 Å². The van der Waals surface area contributed by atoms with Crippen LogP contribution in [0.2, 0.25) is 0 Å². The van der Waals surface area contributed by atoms with E-state index in [-0.39, 0.29) is 5.75 Å². The third-order valence-corrected chi connectivity index (χ3v) is 3.77. The first-order valence-corrected chi connectivity index (χ1v) is 8.94. The van der Waals surface area contributed by atoms with E-state index in [0.717, 1.165) is 10.8 Å². The normalized spacial score (nSPS) is 11.9. The highest BCUT2D eigenvalue weighted by atomic mass is 127. The van der Waals surface area contributed by atoms with Crippen molar-refractivity contribution in [1.82, 2.24) is 4.98 Å². The first-order valence-electron chi connectivity index (χ1n) is 5.41. The van der Waals surface area contributed by atoms with E-state index in [1.165, 1.54) is 6.07 Å². The summed E-state index contributed by atoms with van der Waals surface area (Å²) in [6, 6.07) is 12.2. The SMILES string of the molecule is [O-][I+3]([O-])([O-])Oc1cccc2ncc3ccccc3c12. The van der Waals surface area contributed by atoms with Gasteiger partial charge in [0.25, 0.3) is 5.75 Å². The van der Waals surface area contributed by atoms with E-state index in [9.17, 15) is 10.3 Å². The monoisotopic (exact) mass is 369 g/mol. The van der Waals surface area contributed by atoms with Crippen molar-refractivity contribution < 1.29 is 33.5 Å². The van der Waals surface area contributed by atoms with Crippen LogP contribution in [0.1, 0.15) is 0 Å². The second-order valence-electron chi connectivity index (χ2n) is 3.95. The minimum absolute atomic E-state index is 0.0400. The van der Waals surface area contributed by atoms with Gasteiger partial charge in [0.15, 0.2) is 0 Å². The fourth-order valence-corrected chi connectivity index (χ4v) is 2.99. The van der Waals surface area contributed by atoms with Crippen LogP contribution in [0.25, 0.3) is 21.7 Å². The summed E-state index contributed by atoms with van der Waals surface area (Å²) in [4.78, 5) is 4.23. The van der Waals surface area contributed by atoms with E-state index in [4.69, 9.17) is 0 Å². The maximum Gasteiger partial charge on any atom is 0.439 e. The molecule has 5 nitrogen and oxygen atoms in total. The highest BCUT2D eigenvalue weighted by Crippen LogP contribution is 2.30. The minimum Gasteiger partial charge on any atom is -0.255 e. The van der Waals surface area contributed by atoms with E-state index >= 15 is 0 Å². The van der Waals surface area contributed by atoms with Crippen molar-refractivity contribution in [2.75, 3.05) is 0 Å². The number of benzene rings is 2. The van der Waals surface area contributed by atoms with Crippen molar-refractivity contribution in [3.8, 4) is 5.75 Å². The van der Waals surface area contributed by atoms with Gasteiger partial charge >= 0.3 is 20.1 Å². The minimum atomic E-state index is -5.80. The number of aromatic nitrogens is 1. The standard InChI is InChI=1S/C13H8INO4/c16-14(17,18)19-12-7-3-6-11-13(12)10-5-2-1-4-9(10)8-15-11/h1-8H. The van der Waals surface area contributed by atoms with E-state index in [0.29, 0.717) is 10.9 Å². The fraction of sp³-hybridized carbons (Fsp3) is 0. The Morgan fingerprint density at radius 2 is 1.74 bits per heavy atom. The zero-order valence-corrected chi connectivity index (χ0v) is 11.7. The van der Waals surface area contributed by atoms with Crippen molar-refractivity contribution >= 4 is 21.7 Å². The molecule has 0 aliphatic carbocycles. The highest BCUT2D eigenvalue weighted by molar-refractivity contribution is 6.08. The summed E-state index contributed by atoms with van der Waals surface area (Å²) >= 11 is -5.80. The van der Waals surface area contributed by atoms with Crippen LogP contribution in [-0.2, 0) is 0 Å². The summed E-state index contributed by atoms with van der Waals surface area (Å²) in [7, 11) is 0. The predicted molar refractivity (Wildman–Crippen MR) is 59.9 cm³/mol. The van der Waals surface area contributed by atoms with Crippen LogP contribution >= 0.6 is 0 Å². The molecule has 1 aromatic heterocycles. The average molecular weight is 369 g/mol. The summed E-state index contributed by atoms with van der Waals surface area (Å²) in [6.07, 6.45) is 1.70. The Kier molecular flexibility index (Phi) is 3.02. The zero-order chi connectivity index (χ0) is 13.5. The summed E-state index contributed by atoms with van der Waals surface area (Å²) in [5.74, 6) is 0.0400. The molecule has 0 aliphatic heterocycles. The van der Waals surface area contributed by atoms with Gasteiger partial charge in [-0.25, -0.2) is 10.3 Å². The van der Waals surface area contributed by atoms with Gasteiger partial charge in [0.1, 0.15) is 0 Å². The molecule has 1 heterocycles. The molecule has 0 saturated heterocycles. The van der Waals surface area contributed by atoms with Crippen LogP contribution < -0.4 is 33.5 Å². The number of pyridine rings is 1. The molecule has 0 N–H and O–H groups in total. The Hall–Kier alpha value is -1.48. The molecule has 0 fully saturated rings. The number of rotatable bonds is 2. The van der Waals surface area contributed by atoms with Gasteiger partial charge in [0.2, 0.25) is 0 Å². The molecule has 0 aliphatic rings. The topological polar surface area (TPSA) is 91.3 Å². The van der Waals surface area contributed by atoms with Crippen LogP contribution in [0.15, 0.2) is 48.7 Å². The van der Waals surface area contributed by atoms with Crippen molar-refractivity contribution in [3.63, 3.8) is 0 Å². The van der Waals surface area contributed by atoms with Crippen LogP contribution in [0.4, 0.5) is 0 Å². The van der Waals surface area contributed by atoms with Gasteiger partial charge in [-0.3, -0.25) is 4.98 Å². The molecule has 3 aromatic rings. The number of nitrogens with zero attached hydrogens (tertiary/aromatic N) is 1. The molecule has 2 aromatic carbocycles. The molecule has 0 bridgehead atoms. The lowest BCUT2D eigenvalue weighted by Crippen LogP contribution is -4.25. The average Bonchev–Trinajstić information content (AvgIpc) is 2.37. The van der Waals surface area contributed by atoms with Gasteiger partial charge in [-0.05, 0) is 17.5 Å². The highest BCUT2D eigenvalue weighted by Gasteiger charge is 2.29. The summed E-state index contributed by atoms with van der Waals surface area (Å²) in [5.41, 5.74) is 0.585. The van der Waals surface area contributed by atoms with E-state index < -0.39 is 20.1 Å². The molecule has 0 radical (unpaired) electrons. The van der Waals surface area contributed by atoms with Crippen LogP contribution in [0.5, 0.6) is 5.75 Å². The molecule has 3 rings (SSSR count). The molecule has 0 unspecified atom stereocenters. The van der Waals surface area contributed by atoms with Crippen molar-refractivity contribution in [3.05, 3.63) is 48.7 Å². The molecule has 0 atom stereocenters. The summed E-state index contributed by atoms with van der Waals surface area (Å²) in [5, 5.41) is 2.19. The molecular weight excluding hydrogens is 361 g/mol. The van der Waals surface area contributed by atoms with E-state index in [2.05, 4.69) is 8.05 Å². The Morgan fingerprint density at radius 3 is 2.53 bits per heavy atom. The second kappa shape index (κ2) is 4.57. The molecule has 0 saturated carbocycles. The predicted octanol–water partition coefficient (Wildman–Crippen LogP) is -3.33. The largest absolute Gasteiger partial charge is 0.439 e. The second-order valence-corrected chi connectivity index (χ2v) is 6.55. The maximum atomic E-state index is 10.9. The zero-order valence-electron chi connectivity index (χ0n) is 9.58. The Labute approximate surface area is 114 Å². The van der Waals surface area contributed by atoms with Gasteiger partial charge < -0.3 is 0 Å². The Morgan fingerprint density at radius 1 is 0.947 bits per heavy atom. The van der Waals surface area contributed by atoms with Crippen LogP contribution in [0.3, 0.4) is 0 Å². The first-order chi connectivity index (χ1) is 9.04. The molecule has 0 amide bonds. The smallest absolute Gasteiger partial charge is 0.255 e. The Balaban J connectivity index is 2.36. The fourth-order valence-electron chi connectivity index (χ4n) is 2.04. The summed E-state index contributed by atoms with van der Waals surface area (Å²) < 4.78 is 37.2. The van der Waals surface area contributed by atoms with Crippen molar-refractivity contribution in [2.24, 2.45) is 0 Å². The quantitative estimate of drug-likeness (QED) is 0.348. The Bertz CT molecular complexity index is 754. The van der Waals surface area contributed by atoms with Gasteiger partial charge in [-0.15, -0.1) is 0 Å². The van der Waals surface area contributed by atoms with Crippen molar-refractivity contribution in [2.45, 2.75) is 0 Å². The lowest BCUT2D eigenvalue weighted by molar-refractivity contribution is -1.91. The molecule has 19 heavy (non-hydrogen) atoms. The molecular formula is C13H8INO4. The van der Waals surface area contributed by atoms with Gasteiger partial charge in [0.05, 0.1) is 10.9 Å². The lowest BCUT2D eigenvalue weighted by Gasteiger charge is -2.09. The molecule has 96 valence electrons. The molecule has 0 spiro atoms. The number of hydrogen-bond acceptors (Lipinski definition) is 5. The van der Waals surface area contributed by atoms with Crippen LogP contribution in [0, 0.1) is 0 Å². The first kappa shape index (κ1) is 12.5.